The Bertz CT molecular complexity index is 542. The molecule has 0 N–H and O–H groups in total. The van der Waals surface area contributed by atoms with E-state index >= 15 is 0 Å². The van der Waals surface area contributed by atoms with Gasteiger partial charge in [0.25, 0.3) is 0 Å². The predicted octanol–water partition coefficient (Wildman–Crippen LogP) is 3.22. The number of halogens is 1. The minimum Gasteiger partial charge on any atom is -0.444 e. The Morgan fingerprint density at radius 3 is 2.61 bits per heavy atom. The van der Waals surface area contributed by atoms with Gasteiger partial charge in [0.15, 0.2) is 0 Å². The van der Waals surface area contributed by atoms with Gasteiger partial charge in [0.05, 0.1) is 0 Å². The number of carbonyl (C=O) groups is 1. The van der Waals surface area contributed by atoms with E-state index in [1.807, 2.05) is 20.8 Å². The first-order valence-electron chi connectivity index (χ1n) is 8.02. The van der Waals surface area contributed by atoms with Gasteiger partial charge >= 0.3 is 6.09 Å². The highest BCUT2D eigenvalue weighted by Crippen LogP contribution is 2.25. The average molecular weight is 323 g/mol. The maximum absolute atomic E-state index is 13.0. The van der Waals surface area contributed by atoms with Gasteiger partial charge in [-0.3, -0.25) is 4.90 Å². The van der Waals surface area contributed by atoms with E-state index in [1.54, 1.807) is 17.2 Å². The van der Waals surface area contributed by atoms with Crippen molar-refractivity contribution in [3.63, 3.8) is 0 Å². The molecule has 2 heterocycles. The first-order valence-corrected chi connectivity index (χ1v) is 8.02. The van der Waals surface area contributed by atoms with Crippen molar-refractivity contribution in [2.45, 2.75) is 52.3 Å². The molecule has 0 saturated carbocycles. The molecule has 5 nitrogen and oxygen atoms in total. The van der Waals surface area contributed by atoms with Gasteiger partial charge in [0.1, 0.15) is 5.60 Å². The number of hydrogen-bond donors (Lipinski definition) is 0. The molecule has 2 atom stereocenters. The molecule has 1 aliphatic rings. The molecule has 1 aliphatic heterocycles. The maximum atomic E-state index is 13.0. The highest BCUT2D eigenvalue weighted by atomic mass is 19.1. The molecular weight excluding hydrogens is 297 g/mol. The maximum Gasteiger partial charge on any atom is 0.410 e. The smallest absolute Gasteiger partial charge is 0.410 e. The third kappa shape index (κ3) is 4.64. The van der Waals surface area contributed by atoms with Crippen molar-refractivity contribution in [1.82, 2.24) is 14.8 Å². The fraction of sp³-hybridized carbons (Fsp3) is 0.647. The second kappa shape index (κ2) is 6.83. The Hall–Kier alpha value is -1.69. The molecule has 0 aliphatic carbocycles. The fourth-order valence-electron chi connectivity index (χ4n) is 2.87. The van der Waals surface area contributed by atoms with E-state index in [9.17, 15) is 9.18 Å². The van der Waals surface area contributed by atoms with Gasteiger partial charge in [-0.25, -0.2) is 9.78 Å². The molecule has 1 fully saturated rings. The summed E-state index contributed by atoms with van der Waals surface area (Å²) in [5, 5.41) is 0. The second-order valence-corrected chi connectivity index (χ2v) is 7.10. The van der Waals surface area contributed by atoms with Crippen molar-refractivity contribution < 1.29 is 13.9 Å². The van der Waals surface area contributed by atoms with E-state index in [0.717, 1.165) is 12.1 Å². The SMILES string of the molecule is C[C@H](c1ccc(F)nc1)N1CCN(C(=O)OC(C)(C)C)C[C@@H]1C. The number of ether oxygens (including phenoxy) is 1. The molecule has 0 bridgehead atoms. The van der Waals surface area contributed by atoms with Crippen molar-refractivity contribution >= 4 is 6.09 Å². The lowest BCUT2D eigenvalue weighted by atomic mass is 10.1. The molecular formula is C17H26FN3O2. The van der Waals surface area contributed by atoms with Gasteiger partial charge in [-0.05, 0) is 46.2 Å². The molecule has 1 aromatic rings. The lowest BCUT2D eigenvalue weighted by Gasteiger charge is -2.43. The minimum absolute atomic E-state index is 0.124. The lowest BCUT2D eigenvalue weighted by Crippen LogP contribution is -2.54. The summed E-state index contributed by atoms with van der Waals surface area (Å²) in [5.41, 5.74) is 0.494. The van der Waals surface area contributed by atoms with Crippen molar-refractivity contribution in [1.29, 1.82) is 0 Å². The zero-order valence-corrected chi connectivity index (χ0v) is 14.5. The Labute approximate surface area is 137 Å². The fourth-order valence-corrected chi connectivity index (χ4v) is 2.87. The van der Waals surface area contributed by atoms with Crippen LogP contribution in [0.25, 0.3) is 0 Å². The second-order valence-electron chi connectivity index (χ2n) is 7.10. The molecule has 1 amide bonds. The average Bonchev–Trinajstić information content (AvgIpc) is 2.45. The van der Waals surface area contributed by atoms with Gasteiger partial charge < -0.3 is 9.64 Å². The first kappa shape index (κ1) is 17.7. The quantitative estimate of drug-likeness (QED) is 0.784. The molecule has 1 aromatic heterocycles. The molecule has 6 heteroatoms. The molecule has 0 radical (unpaired) electrons. The number of amides is 1. The topological polar surface area (TPSA) is 45.7 Å². The molecule has 2 rings (SSSR count). The number of pyridine rings is 1. The van der Waals surface area contributed by atoms with Crippen LogP contribution in [0, 0.1) is 5.95 Å². The molecule has 128 valence electrons. The van der Waals surface area contributed by atoms with E-state index in [-0.39, 0.29) is 18.2 Å². The van der Waals surface area contributed by atoms with Crippen LogP contribution in [0.1, 0.15) is 46.2 Å². The van der Waals surface area contributed by atoms with Crippen LogP contribution in [-0.4, -0.2) is 52.2 Å². The van der Waals surface area contributed by atoms with Crippen LogP contribution >= 0.6 is 0 Å². The summed E-state index contributed by atoms with van der Waals surface area (Å²) in [7, 11) is 0. The van der Waals surface area contributed by atoms with Gasteiger partial charge in [-0.2, -0.15) is 4.39 Å². The van der Waals surface area contributed by atoms with Crippen LogP contribution in [0.15, 0.2) is 18.3 Å². The van der Waals surface area contributed by atoms with Crippen LogP contribution in [0.2, 0.25) is 0 Å². The molecule has 0 unspecified atom stereocenters. The van der Waals surface area contributed by atoms with Crippen LogP contribution in [-0.2, 0) is 4.74 Å². The first-order chi connectivity index (χ1) is 10.7. The van der Waals surface area contributed by atoms with Crippen molar-refractivity contribution in [3.05, 3.63) is 29.8 Å². The zero-order chi connectivity index (χ0) is 17.2. The van der Waals surface area contributed by atoms with E-state index < -0.39 is 11.5 Å². The highest BCUT2D eigenvalue weighted by Gasteiger charge is 2.32. The normalized spacial score (nSPS) is 21.1. The molecule has 23 heavy (non-hydrogen) atoms. The highest BCUT2D eigenvalue weighted by molar-refractivity contribution is 5.68. The molecule has 1 saturated heterocycles. The van der Waals surface area contributed by atoms with Crippen LogP contribution < -0.4 is 0 Å². The van der Waals surface area contributed by atoms with Crippen LogP contribution in [0.3, 0.4) is 0 Å². The standard InChI is InChI=1S/C17H26FN3O2/c1-12-11-20(16(22)23-17(3,4)5)8-9-21(12)13(2)14-6-7-15(18)19-10-14/h6-7,10,12-13H,8-9,11H2,1-5H3/t12-,13+/m0/s1. The molecule has 0 spiro atoms. The third-order valence-electron chi connectivity index (χ3n) is 4.06. The zero-order valence-electron chi connectivity index (χ0n) is 14.5. The van der Waals surface area contributed by atoms with Crippen molar-refractivity contribution in [2.24, 2.45) is 0 Å². The Balaban J connectivity index is 1.98. The summed E-state index contributed by atoms with van der Waals surface area (Å²) in [6, 6.07) is 3.46. The summed E-state index contributed by atoms with van der Waals surface area (Å²) >= 11 is 0. The summed E-state index contributed by atoms with van der Waals surface area (Å²) in [6.45, 7) is 11.8. The predicted molar refractivity (Wildman–Crippen MR) is 86.6 cm³/mol. The van der Waals surface area contributed by atoms with Crippen LogP contribution in [0.4, 0.5) is 9.18 Å². The van der Waals surface area contributed by atoms with Gasteiger partial charge in [0.2, 0.25) is 5.95 Å². The minimum atomic E-state index is -0.482. The number of nitrogens with zero attached hydrogens (tertiary/aromatic N) is 3. The summed E-state index contributed by atoms with van der Waals surface area (Å²) in [6.07, 6.45) is 1.31. The Morgan fingerprint density at radius 1 is 1.39 bits per heavy atom. The van der Waals surface area contributed by atoms with E-state index in [1.165, 1.54) is 6.07 Å². The Morgan fingerprint density at radius 2 is 2.09 bits per heavy atom. The molecule has 0 aromatic carbocycles. The Kier molecular flexibility index (Phi) is 5.24. The number of rotatable bonds is 2. The van der Waals surface area contributed by atoms with Crippen molar-refractivity contribution in [3.8, 4) is 0 Å². The van der Waals surface area contributed by atoms with Crippen molar-refractivity contribution in [2.75, 3.05) is 19.6 Å². The summed E-state index contributed by atoms with van der Waals surface area (Å²) in [4.78, 5) is 20.0. The number of hydrogen-bond acceptors (Lipinski definition) is 4. The number of piperazine rings is 1. The van der Waals surface area contributed by atoms with E-state index in [0.29, 0.717) is 13.1 Å². The summed E-state index contributed by atoms with van der Waals surface area (Å²) < 4.78 is 18.4. The third-order valence-corrected chi connectivity index (χ3v) is 4.06. The monoisotopic (exact) mass is 323 g/mol. The van der Waals surface area contributed by atoms with E-state index in [2.05, 4.69) is 23.7 Å². The largest absolute Gasteiger partial charge is 0.444 e. The lowest BCUT2D eigenvalue weighted by molar-refractivity contribution is -0.000751. The van der Waals surface area contributed by atoms with Gasteiger partial charge in [-0.1, -0.05) is 6.07 Å². The van der Waals surface area contributed by atoms with E-state index in [4.69, 9.17) is 4.74 Å². The number of carbonyl (C=O) groups excluding carboxylic acids is 1. The van der Waals surface area contributed by atoms with Crippen LogP contribution in [0.5, 0.6) is 0 Å². The summed E-state index contributed by atoms with van der Waals surface area (Å²) in [5.74, 6) is -0.469. The number of aromatic nitrogens is 1. The van der Waals surface area contributed by atoms with Gasteiger partial charge in [0, 0.05) is 37.9 Å². The van der Waals surface area contributed by atoms with Gasteiger partial charge in [-0.15, -0.1) is 0 Å².